The minimum atomic E-state index is 0.431. The zero-order valence-corrected chi connectivity index (χ0v) is 10.6. The van der Waals surface area contributed by atoms with Gasteiger partial charge in [0.05, 0.1) is 11.6 Å². The predicted molar refractivity (Wildman–Crippen MR) is 66.7 cm³/mol. The molecule has 4 heteroatoms. The lowest BCUT2D eigenvalue weighted by Gasteiger charge is -2.35. The van der Waals surface area contributed by atoms with Crippen molar-refractivity contribution in [3.63, 3.8) is 0 Å². The summed E-state index contributed by atoms with van der Waals surface area (Å²) in [5.74, 6) is 2.95. The van der Waals surface area contributed by atoms with Crippen LogP contribution in [-0.4, -0.2) is 23.3 Å². The highest BCUT2D eigenvalue weighted by atomic mass is 35.5. The van der Waals surface area contributed by atoms with E-state index < -0.39 is 0 Å². The number of piperidine rings is 1. The van der Waals surface area contributed by atoms with Gasteiger partial charge in [0, 0.05) is 13.1 Å². The first-order chi connectivity index (χ1) is 7.70. The van der Waals surface area contributed by atoms with Crippen molar-refractivity contribution in [1.82, 2.24) is 10.2 Å². The second-order valence-electron chi connectivity index (χ2n) is 4.71. The smallest absolute Gasteiger partial charge is 0.151 e. The zero-order valence-electron chi connectivity index (χ0n) is 9.86. The van der Waals surface area contributed by atoms with Crippen LogP contribution < -0.4 is 4.90 Å². The van der Waals surface area contributed by atoms with E-state index in [-0.39, 0.29) is 0 Å². The topological polar surface area (TPSA) is 29.0 Å². The molecule has 2 unspecified atom stereocenters. The number of rotatable bonds is 2. The second-order valence-corrected chi connectivity index (χ2v) is 4.97. The molecule has 0 bridgehead atoms. The Bertz CT molecular complexity index is 339. The van der Waals surface area contributed by atoms with Gasteiger partial charge in [-0.25, -0.2) is 0 Å². The Balaban J connectivity index is 2.06. The van der Waals surface area contributed by atoms with Crippen LogP contribution in [0.3, 0.4) is 0 Å². The van der Waals surface area contributed by atoms with Crippen molar-refractivity contribution in [3.05, 3.63) is 17.8 Å². The van der Waals surface area contributed by atoms with Crippen LogP contribution in [0.25, 0.3) is 0 Å². The van der Waals surface area contributed by atoms with Gasteiger partial charge in [0.1, 0.15) is 0 Å². The highest BCUT2D eigenvalue weighted by molar-refractivity contribution is 6.16. The van der Waals surface area contributed by atoms with Crippen LogP contribution in [0.5, 0.6) is 0 Å². The van der Waals surface area contributed by atoms with Gasteiger partial charge in [0.25, 0.3) is 0 Å². The molecule has 16 heavy (non-hydrogen) atoms. The SMILES string of the molecule is CC1CCN(c2ccc(CCl)nn2)CC1C. The molecular weight excluding hydrogens is 222 g/mol. The maximum Gasteiger partial charge on any atom is 0.151 e. The van der Waals surface area contributed by atoms with Crippen molar-refractivity contribution in [1.29, 1.82) is 0 Å². The average molecular weight is 240 g/mol. The quantitative estimate of drug-likeness (QED) is 0.744. The molecule has 0 aromatic carbocycles. The van der Waals surface area contributed by atoms with Crippen LogP contribution in [0.2, 0.25) is 0 Å². The molecule has 1 aromatic heterocycles. The van der Waals surface area contributed by atoms with E-state index in [0.717, 1.165) is 36.4 Å². The lowest BCUT2D eigenvalue weighted by atomic mass is 9.89. The Morgan fingerprint density at radius 3 is 2.69 bits per heavy atom. The number of hydrogen-bond acceptors (Lipinski definition) is 3. The zero-order chi connectivity index (χ0) is 11.5. The normalized spacial score (nSPS) is 25.8. The summed E-state index contributed by atoms with van der Waals surface area (Å²) >= 11 is 5.69. The summed E-state index contributed by atoms with van der Waals surface area (Å²) in [6, 6.07) is 3.98. The van der Waals surface area contributed by atoms with Gasteiger partial charge in [0.15, 0.2) is 5.82 Å². The van der Waals surface area contributed by atoms with E-state index in [4.69, 9.17) is 11.6 Å². The van der Waals surface area contributed by atoms with Crippen LogP contribution in [-0.2, 0) is 5.88 Å². The van der Waals surface area contributed by atoms with E-state index in [1.165, 1.54) is 6.42 Å². The van der Waals surface area contributed by atoms with Gasteiger partial charge >= 0.3 is 0 Å². The summed E-state index contributed by atoms with van der Waals surface area (Å²) in [5.41, 5.74) is 0.837. The molecule has 0 radical (unpaired) electrons. The molecule has 2 rings (SSSR count). The molecule has 0 spiro atoms. The Morgan fingerprint density at radius 2 is 2.12 bits per heavy atom. The van der Waals surface area contributed by atoms with Gasteiger partial charge < -0.3 is 4.90 Å². The number of hydrogen-bond donors (Lipinski definition) is 0. The summed E-state index contributed by atoms with van der Waals surface area (Å²) in [4.78, 5) is 2.32. The minimum absolute atomic E-state index is 0.431. The molecule has 2 heterocycles. The molecule has 88 valence electrons. The van der Waals surface area contributed by atoms with Gasteiger partial charge in [0.2, 0.25) is 0 Å². The third kappa shape index (κ3) is 2.46. The van der Waals surface area contributed by atoms with E-state index in [2.05, 4.69) is 28.9 Å². The molecule has 1 aliphatic heterocycles. The fourth-order valence-electron chi connectivity index (χ4n) is 2.06. The van der Waals surface area contributed by atoms with Crippen molar-refractivity contribution in [3.8, 4) is 0 Å². The molecule has 0 amide bonds. The first-order valence-corrected chi connectivity index (χ1v) is 6.37. The molecule has 3 nitrogen and oxygen atoms in total. The summed E-state index contributed by atoms with van der Waals surface area (Å²) in [6.07, 6.45) is 1.24. The number of aromatic nitrogens is 2. The molecule has 1 aliphatic rings. The molecule has 1 fully saturated rings. The van der Waals surface area contributed by atoms with E-state index >= 15 is 0 Å². The first kappa shape index (κ1) is 11.6. The fourth-order valence-corrected chi connectivity index (χ4v) is 2.21. The summed E-state index contributed by atoms with van der Waals surface area (Å²) < 4.78 is 0. The summed E-state index contributed by atoms with van der Waals surface area (Å²) in [5, 5.41) is 8.32. The number of alkyl halides is 1. The number of nitrogens with zero attached hydrogens (tertiary/aromatic N) is 3. The number of anilines is 1. The largest absolute Gasteiger partial charge is 0.355 e. The molecule has 0 N–H and O–H groups in total. The van der Waals surface area contributed by atoms with Crippen LogP contribution in [0.1, 0.15) is 26.0 Å². The standard InChI is InChI=1S/C12H18ClN3/c1-9-5-6-16(8-10(9)2)12-4-3-11(7-13)14-15-12/h3-4,9-10H,5-8H2,1-2H3. The molecule has 1 aromatic rings. The maximum absolute atomic E-state index is 5.69. The van der Waals surface area contributed by atoms with Gasteiger partial charge in [-0.15, -0.1) is 16.7 Å². The molecule has 1 saturated heterocycles. The van der Waals surface area contributed by atoms with Gasteiger partial charge in [-0.2, -0.15) is 5.10 Å². The monoisotopic (exact) mass is 239 g/mol. The van der Waals surface area contributed by atoms with Crippen molar-refractivity contribution in [2.24, 2.45) is 11.8 Å². The fraction of sp³-hybridized carbons (Fsp3) is 0.667. The maximum atomic E-state index is 5.69. The summed E-state index contributed by atoms with van der Waals surface area (Å²) in [7, 11) is 0. The average Bonchev–Trinajstić information content (AvgIpc) is 2.33. The van der Waals surface area contributed by atoms with Crippen molar-refractivity contribution < 1.29 is 0 Å². The van der Waals surface area contributed by atoms with Crippen molar-refractivity contribution in [2.45, 2.75) is 26.1 Å². The third-order valence-electron chi connectivity index (χ3n) is 3.50. The number of halogens is 1. The van der Waals surface area contributed by atoms with E-state index in [1.807, 2.05) is 12.1 Å². The Hall–Kier alpha value is -0.830. The summed E-state index contributed by atoms with van der Waals surface area (Å²) in [6.45, 7) is 6.79. The van der Waals surface area contributed by atoms with Gasteiger partial charge in [-0.05, 0) is 30.4 Å². The van der Waals surface area contributed by atoms with Crippen LogP contribution >= 0.6 is 11.6 Å². The second kappa shape index (κ2) is 5.00. The first-order valence-electron chi connectivity index (χ1n) is 5.84. The Morgan fingerprint density at radius 1 is 1.31 bits per heavy atom. The Kier molecular flexibility index (Phi) is 3.64. The van der Waals surface area contributed by atoms with Crippen molar-refractivity contribution >= 4 is 17.4 Å². The van der Waals surface area contributed by atoms with E-state index in [9.17, 15) is 0 Å². The van der Waals surface area contributed by atoms with Crippen LogP contribution in [0.4, 0.5) is 5.82 Å². The molecule has 0 aliphatic carbocycles. The van der Waals surface area contributed by atoms with Crippen LogP contribution in [0.15, 0.2) is 12.1 Å². The highest BCUT2D eigenvalue weighted by Gasteiger charge is 2.23. The van der Waals surface area contributed by atoms with Crippen LogP contribution in [0, 0.1) is 11.8 Å². The predicted octanol–water partition coefficient (Wildman–Crippen LogP) is 2.70. The lowest BCUT2D eigenvalue weighted by molar-refractivity contribution is 0.322. The van der Waals surface area contributed by atoms with E-state index in [0.29, 0.717) is 5.88 Å². The van der Waals surface area contributed by atoms with Gasteiger partial charge in [-0.3, -0.25) is 0 Å². The molecular formula is C12H18ClN3. The Labute approximate surface area is 102 Å². The minimum Gasteiger partial charge on any atom is -0.355 e. The third-order valence-corrected chi connectivity index (χ3v) is 3.77. The lowest BCUT2D eigenvalue weighted by Crippen LogP contribution is -2.38. The van der Waals surface area contributed by atoms with Gasteiger partial charge in [-0.1, -0.05) is 13.8 Å². The van der Waals surface area contributed by atoms with Crippen molar-refractivity contribution in [2.75, 3.05) is 18.0 Å². The molecule has 2 atom stereocenters. The molecule has 0 saturated carbocycles. The van der Waals surface area contributed by atoms with E-state index in [1.54, 1.807) is 0 Å². The highest BCUT2D eigenvalue weighted by Crippen LogP contribution is 2.25.